The van der Waals surface area contributed by atoms with Gasteiger partial charge < -0.3 is 4.98 Å². The van der Waals surface area contributed by atoms with E-state index in [1.807, 2.05) is 24.9 Å². The number of hydrogen-bond donors (Lipinski definition) is 1. The van der Waals surface area contributed by atoms with Gasteiger partial charge in [-0.2, -0.15) is 5.10 Å². The fourth-order valence-electron chi connectivity index (χ4n) is 2.70. The van der Waals surface area contributed by atoms with Gasteiger partial charge >= 0.3 is 0 Å². The van der Waals surface area contributed by atoms with Crippen LogP contribution in [0.15, 0.2) is 6.20 Å². The van der Waals surface area contributed by atoms with Crippen LogP contribution < -0.4 is 0 Å². The molecule has 0 saturated carbocycles. The molecule has 1 unspecified atom stereocenters. The minimum absolute atomic E-state index is 0.584. The molecule has 3 rings (SSSR count). The molecule has 0 fully saturated rings. The van der Waals surface area contributed by atoms with Gasteiger partial charge in [-0.3, -0.25) is 4.68 Å². The summed E-state index contributed by atoms with van der Waals surface area (Å²) < 4.78 is 1.84. The molecule has 2 aromatic rings. The molecule has 0 aliphatic heterocycles. The number of rotatable bonds is 1. The van der Waals surface area contributed by atoms with Crippen LogP contribution in [0.3, 0.4) is 0 Å². The minimum atomic E-state index is 0.584. The summed E-state index contributed by atoms with van der Waals surface area (Å²) in [7, 11) is 1.95. The highest BCUT2D eigenvalue weighted by molar-refractivity contribution is 5.58. The molecule has 0 radical (unpaired) electrons. The first-order chi connectivity index (χ1) is 8.15. The normalized spacial score (nSPS) is 19.4. The third-order valence-electron chi connectivity index (χ3n) is 3.61. The summed E-state index contributed by atoms with van der Waals surface area (Å²) >= 11 is 0. The van der Waals surface area contributed by atoms with Gasteiger partial charge in [0.1, 0.15) is 5.82 Å². The topological polar surface area (TPSA) is 46.5 Å². The van der Waals surface area contributed by atoms with Gasteiger partial charge in [-0.1, -0.05) is 6.92 Å². The maximum Gasteiger partial charge on any atom is 0.141 e. The number of aromatic nitrogens is 4. The number of fused-ring (bicyclic) bond motifs is 1. The highest BCUT2D eigenvalue weighted by atomic mass is 15.3. The van der Waals surface area contributed by atoms with Crippen LogP contribution in [0.4, 0.5) is 0 Å². The molecular formula is C13H18N4. The average Bonchev–Trinajstić information content (AvgIpc) is 2.82. The van der Waals surface area contributed by atoms with E-state index in [4.69, 9.17) is 4.98 Å². The van der Waals surface area contributed by atoms with Crippen LogP contribution in [0.2, 0.25) is 0 Å². The van der Waals surface area contributed by atoms with Gasteiger partial charge in [0.15, 0.2) is 0 Å². The lowest BCUT2D eigenvalue weighted by Gasteiger charge is -2.15. The minimum Gasteiger partial charge on any atom is -0.342 e. The lowest BCUT2D eigenvalue weighted by Crippen LogP contribution is -2.05. The average molecular weight is 230 g/mol. The first-order valence-corrected chi connectivity index (χ1v) is 6.24. The number of aromatic amines is 1. The summed E-state index contributed by atoms with van der Waals surface area (Å²) in [6, 6.07) is 0. The highest BCUT2D eigenvalue weighted by Crippen LogP contribution is 2.32. The molecule has 0 bridgehead atoms. The van der Waals surface area contributed by atoms with Crippen molar-refractivity contribution in [3.8, 4) is 11.4 Å². The van der Waals surface area contributed by atoms with Gasteiger partial charge in [-0.25, -0.2) is 4.98 Å². The van der Waals surface area contributed by atoms with Gasteiger partial charge in [0, 0.05) is 24.9 Å². The summed E-state index contributed by atoms with van der Waals surface area (Å²) in [6.45, 7) is 4.29. The highest BCUT2D eigenvalue weighted by Gasteiger charge is 2.22. The molecule has 1 N–H and O–H groups in total. The molecule has 2 heterocycles. The van der Waals surface area contributed by atoms with E-state index in [1.165, 1.54) is 24.2 Å². The monoisotopic (exact) mass is 230 g/mol. The zero-order valence-electron chi connectivity index (χ0n) is 10.6. The van der Waals surface area contributed by atoms with Crippen LogP contribution in [0.1, 0.15) is 42.8 Å². The predicted molar refractivity (Wildman–Crippen MR) is 66.9 cm³/mol. The Morgan fingerprint density at radius 2 is 2.29 bits per heavy atom. The van der Waals surface area contributed by atoms with Crippen molar-refractivity contribution in [2.45, 2.75) is 39.0 Å². The SMILES string of the molecule is Cc1nn(C)cc1-c1nc2c([nH]1)CCCC2C. The second-order valence-corrected chi connectivity index (χ2v) is 5.04. The molecule has 17 heavy (non-hydrogen) atoms. The fraction of sp³-hybridized carbons (Fsp3) is 0.538. The summed E-state index contributed by atoms with van der Waals surface area (Å²) in [5.74, 6) is 1.56. The van der Waals surface area contributed by atoms with Crippen LogP contribution in [-0.2, 0) is 13.5 Å². The quantitative estimate of drug-likeness (QED) is 0.818. The number of nitrogens with one attached hydrogen (secondary N) is 1. The smallest absolute Gasteiger partial charge is 0.141 e. The first-order valence-electron chi connectivity index (χ1n) is 6.24. The van der Waals surface area contributed by atoms with E-state index < -0.39 is 0 Å². The molecule has 1 atom stereocenters. The standard InChI is InChI=1S/C13H18N4/c1-8-5-4-6-11-12(8)15-13(14-11)10-7-17(3)16-9(10)2/h7-8H,4-6H2,1-3H3,(H,14,15). The lowest BCUT2D eigenvalue weighted by molar-refractivity contribution is 0.574. The molecule has 4 nitrogen and oxygen atoms in total. The summed E-state index contributed by atoms with van der Waals surface area (Å²) in [6.07, 6.45) is 5.68. The number of nitrogens with zero attached hydrogens (tertiary/aromatic N) is 3. The molecule has 1 aliphatic rings. The van der Waals surface area contributed by atoms with E-state index in [0.29, 0.717) is 5.92 Å². The van der Waals surface area contributed by atoms with Crippen molar-refractivity contribution < 1.29 is 0 Å². The second-order valence-electron chi connectivity index (χ2n) is 5.04. The number of H-pyrrole nitrogens is 1. The molecule has 4 heteroatoms. The summed E-state index contributed by atoms with van der Waals surface area (Å²) in [4.78, 5) is 8.24. The number of imidazole rings is 1. The van der Waals surface area contributed by atoms with Crippen molar-refractivity contribution in [1.29, 1.82) is 0 Å². The van der Waals surface area contributed by atoms with E-state index in [-0.39, 0.29) is 0 Å². The van der Waals surface area contributed by atoms with Crippen LogP contribution in [0.25, 0.3) is 11.4 Å². The Hall–Kier alpha value is -1.58. The summed E-state index contributed by atoms with van der Waals surface area (Å²) in [5, 5.41) is 4.37. The van der Waals surface area contributed by atoms with E-state index in [2.05, 4.69) is 17.0 Å². The Balaban J connectivity index is 2.08. The van der Waals surface area contributed by atoms with E-state index in [0.717, 1.165) is 23.5 Å². The van der Waals surface area contributed by atoms with Gasteiger partial charge in [0.25, 0.3) is 0 Å². The molecule has 2 aromatic heterocycles. The Bertz CT molecular complexity index is 550. The zero-order valence-corrected chi connectivity index (χ0v) is 10.6. The van der Waals surface area contributed by atoms with Crippen LogP contribution in [-0.4, -0.2) is 19.7 Å². The van der Waals surface area contributed by atoms with Crippen molar-refractivity contribution >= 4 is 0 Å². The Labute approximate surface area is 101 Å². The third kappa shape index (κ3) is 1.68. The van der Waals surface area contributed by atoms with Crippen molar-refractivity contribution in [3.63, 3.8) is 0 Å². The molecule has 1 aliphatic carbocycles. The van der Waals surface area contributed by atoms with Gasteiger partial charge in [-0.15, -0.1) is 0 Å². The Morgan fingerprint density at radius 3 is 2.94 bits per heavy atom. The van der Waals surface area contributed by atoms with Gasteiger partial charge in [0.05, 0.1) is 17.0 Å². The molecule has 0 spiro atoms. The molecule has 0 aromatic carbocycles. The maximum atomic E-state index is 4.77. The maximum absolute atomic E-state index is 4.77. The van der Waals surface area contributed by atoms with Crippen molar-refractivity contribution in [2.75, 3.05) is 0 Å². The second kappa shape index (κ2) is 3.72. The molecule has 0 saturated heterocycles. The summed E-state index contributed by atoms with van der Waals surface area (Å²) in [5.41, 5.74) is 4.73. The molecule has 0 amide bonds. The molecule has 90 valence electrons. The third-order valence-corrected chi connectivity index (χ3v) is 3.61. The van der Waals surface area contributed by atoms with E-state index >= 15 is 0 Å². The van der Waals surface area contributed by atoms with Crippen molar-refractivity contribution in [2.24, 2.45) is 7.05 Å². The van der Waals surface area contributed by atoms with E-state index in [9.17, 15) is 0 Å². The Morgan fingerprint density at radius 1 is 1.47 bits per heavy atom. The fourth-order valence-corrected chi connectivity index (χ4v) is 2.70. The predicted octanol–water partition coefficient (Wildman–Crippen LogP) is 2.56. The van der Waals surface area contributed by atoms with Crippen molar-refractivity contribution in [3.05, 3.63) is 23.3 Å². The van der Waals surface area contributed by atoms with Gasteiger partial charge in [-0.05, 0) is 26.2 Å². The van der Waals surface area contributed by atoms with Crippen LogP contribution in [0.5, 0.6) is 0 Å². The van der Waals surface area contributed by atoms with Crippen molar-refractivity contribution in [1.82, 2.24) is 19.7 Å². The lowest BCUT2D eigenvalue weighted by atomic mass is 9.92. The van der Waals surface area contributed by atoms with Crippen LogP contribution in [0, 0.1) is 6.92 Å². The first kappa shape index (κ1) is 10.6. The van der Waals surface area contributed by atoms with Gasteiger partial charge in [0.2, 0.25) is 0 Å². The number of hydrogen-bond acceptors (Lipinski definition) is 2. The van der Waals surface area contributed by atoms with E-state index in [1.54, 1.807) is 0 Å². The largest absolute Gasteiger partial charge is 0.342 e. The number of aryl methyl sites for hydroxylation is 3. The Kier molecular flexibility index (Phi) is 2.31. The van der Waals surface area contributed by atoms with Crippen LogP contribution >= 0.6 is 0 Å². The zero-order chi connectivity index (χ0) is 12.0. The molecular weight excluding hydrogens is 212 g/mol.